The van der Waals surface area contributed by atoms with E-state index < -0.39 is 0 Å². The normalized spacial score (nSPS) is 17.6. The van der Waals surface area contributed by atoms with Crippen molar-refractivity contribution < 1.29 is 4.79 Å². The van der Waals surface area contributed by atoms with E-state index in [1.165, 1.54) is 69.4 Å². The van der Waals surface area contributed by atoms with Gasteiger partial charge in [0.15, 0.2) is 0 Å². The van der Waals surface area contributed by atoms with Crippen LogP contribution in [0.15, 0.2) is 72.8 Å². The molecule has 36 heavy (non-hydrogen) atoms. The highest BCUT2D eigenvalue weighted by atomic mass is 16.1. The summed E-state index contributed by atoms with van der Waals surface area (Å²) in [5, 5.41) is 6.41. The third kappa shape index (κ3) is 6.54. The van der Waals surface area contributed by atoms with Crippen molar-refractivity contribution in [1.82, 2.24) is 9.80 Å². The molecule has 1 amide bonds. The highest BCUT2D eigenvalue weighted by molar-refractivity contribution is 6.04. The van der Waals surface area contributed by atoms with Crippen molar-refractivity contribution in [3.8, 4) is 0 Å². The summed E-state index contributed by atoms with van der Waals surface area (Å²) < 4.78 is 0. The molecule has 5 nitrogen and oxygen atoms in total. The molecule has 188 valence electrons. The number of aryl methyl sites for hydroxylation is 1. The first-order valence-corrected chi connectivity index (χ1v) is 13.4. The monoisotopic (exact) mass is 482 g/mol. The van der Waals surface area contributed by atoms with Crippen molar-refractivity contribution in [2.24, 2.45) is 0 Å². The number of hydrogen-bond donors (Lipinski definition) is 2. The fourth-order valence-corrected chi connectivity index (χ4v) is 5.48. The van der Waals surface area contributed by atoms with Crippen LogP contribution in [0.2, 0.25) is 0 Å². The number of rotatable bonds is 7. The topological polar surface area (TPSA) is 47.6 Å². The van der Waals surface area contributed by atoms with Crippen molar-refractivity contribution >= 4 is 23.0 Å². The standard InChI is InChI=1S/C31H38N4O/c1-24-6-5-7-29(22-24)32-27-14-10-26(11-15-27)31(36)33-28-12-8-25(9-13-28)23-34-20-16-30(17-21-34)35-18-3-2-4-19-35/h5-15,22,30,32H,2-4,16-21,23H2,1H3,(H,33,36). The minimum absolute atomic E-state index is 0.0929. The molecule has 0 aromatic heterocycles. The van der Waals surface area contributed by atoms with Gasteiger partial charge in [-0.05, 0) is 118 Å². The van der Waals surface area contributed by atoms with E-state index in [0.717, 1.165) is 29.6 Å². The highest BCUT2D eigenvalue weighted by Crippen LogP contribution is 2.23. The summed E-state index contributed by atoms with van der Waals surface area (Å²) in [6.07, 6.45) is 6.73. The number of carbonyl (C=O) groups excluding carboxylic acids is 1. The van der Waals surface area contributed by atoms with Crippen LogP contribution in [0, 0.1) is 6.92 Å². The van der Waals surface area contributed by atoms with Crippen LogP contribution in [0.25, 0.3) is 0 Å². The molecule has 5 heteroatoms. The Kier molecular flexibility index (Phi) is 7.99. The Bertz CT molecular complexity index is 1130. The van der Waals surface area contributed by atoms with Crippen molar-refractivity contribution in [1.29, 1.82) is 0 Å². The van der Waals surface area contributed by atoms with Gasteiger partial charge in [-0.25, -0.2) is 0 Å². The first kappa shape index (κ1) is 24.5. The van der Waals surface area contributed by atoms with Gasteiger partial charge in [-0.1, -0.05) is 30.7 Å². The minimum atomic E-state index is -0.0929. The largest absolute Gasteiger partial charge is 0.356 e. The maximum atomic E-state index is 12.7. The zero-order valence-corrected chi connectivity index (χ0v) is 21.4. The molecular formula is C31H38N4O. The van der Waals surface area contributed by atoms with Crippen LogP contribution in [-0.4, -0.2) is 47.9 Å². The van der Waals surface area contributed by atoms with Crippen molar-refractivity contribution in [2.75, 3.05) is 36.8 Å². The Labute approximate surface area is 215 Å². The minimum Gasteiger partial charge on any atom is -0.356 e. The summed E-state index contributed by atoms with van der Waals surface area (Å²) in [4.78, 5) is 18.0. The summed E-state index contributed by atoms with van der Waals surface area (Å²) in [6.45, 7) is 8.00. The van der Waals surface area contributed by atoms with Gasteiger partial charge in [-0.15, -0.1) is 0 Å². The van der Waals surface area contributed by atoms with E-state index >= 15 is 0 Å². The van der Waals surface area contributed by atoms with Crippen LogP contribution in [0.3, 0.4) is 0 Å². The van der Waals surface area contributed by atoms with Crippen LogP contribution in [0.4, 0.5) is 17.1 Å². The van der Waals surface area contributed by atoms with E-state index in [9.17, 15) is 4.79 Å². The number of carbonyl (C=O) groups is 1. The molecule has 3 aromatic rings. The Hall–Kier alpha value is -3.15. The van der Waals surface area contributed by atoms with Gasteiger partial charge in [0.25, 0.3) is 5.91 Å². The lowest BCUT2D eigenvalue weighted by atomic mass is 9.99. The average Bonchev–Trinajstić information content (AvgIpc) is 2.91. The predicted octanol–water partition coefficient (Wildman–Crippen LogP) is 6.44. The van der Waals surface area contributed by atoms with Crippen LogP contribution in [-0.2, 0) is 6.54 Å². The lowest BCUT2D eigenvalue weighted by Gasteiger charge is -2.40. The molecule has 0 saturated carbocycles. The smallest absolute Gasteiger partial charge is 0.255 e. The molecule has 2 heterocycles. The predicted molar refractivity (Wildman–Crippen MR) is 149 cm³/mol. The summed E-state index contributed by atoms with van der Waals surface area (Å²) in [5.41, 5.74) is 5.98. The average molecular weight is 483 g/mol. The Morgan fingerprint density at radius 1 is 0.806 bits per heavy atom. The number of nitrogens with zero attached hydrogens (tertiary/aromatic N) is 2. The second-order valence-electron chi connectivity index (χ2n) is 10.3. The molecule has 2 aliphatic heterocycles. The fourth-order valence-electron chi connectivity index (χ4n) is 5.48. The first-order valence-electron chi connectivity index (χ1n) is 13.4. The summed E-state index contributed by atoms with van der Waals surface area (Å²) in [5.74, 6) is -0.0929. The zero-order valence-electron chi connectivity index (χ0n) is 21.4. The van der Waals surface area contributed by atoms with E-state index in [-0.39, 0.29) is 5.91 Å². The van der Waals surface area contributed by atoms with Crippen molar-refractivity contribution in [3.63, 3.8) is 0 Å². The maximum Gasteiger partial charge on any atom is 0.255 e. The zero-order chi connectivity index (χ0) is 24.7. The molecule has 2 N–H and O–H groups in total. The van der Waals surface area contributed by atoms with E-state index in [1.54, 1.807) is 0 Å². The number of likely N-dealkylation sites (tertiary alicyclic amines) is 2. The summed E-state index contributed by atoms with van der Waals surface area (Å²) >= 11 is 0. The van der Waals surface area contributed by atoms with E-state index in [0.29, 0.717) is 5.56 Å². The molecular weight excluding hydrogens is 444 g/mol. The molecule has 0 radical (unpaired) electrons. The second kappa shape index (κ2) is 11.7. The van der Waals surface area contributed by atoms with Gasteiger partial charge < -0.3 is 15.5 Å². The van der Waals surface area contributed by atoms with Gasteiger partial charge in [0.2, 0.25) is 0 Å². The number of anilines is 3. The highest BCUT2D eigenvalue weighted by Gasteiger charge is 2.25. The third-order valence-electron chi connectivity index (χ3n) is 7.54. The number of piperidine rings is 2. The number of amides is 1. The van der Waals surface area contributed by atoms with Crippen molar-refractivity contribution in [3.05, 3.63) is 89.5 Å². The maximum absolute atomic E-state index is 12.7. The Morgan fingerprint density at radius 3 is 2.19 bits per heavy atom. The molecule has 0 atom stereocenters. The van der Waals surface area contributed by atoms with Gasteiger partial charge >= 0.3 is 0 Å². The molecule has 0 bridgehead atoms. The summed E-state index contributed by atoms with van der Waals surface area (Å²) in [7, 11) is 0. The van der Waals surface area contributed by atoms with E-state index in [4.69, 9.17) is 0 Å². The molecule has 2 fully saturated rings. The summed E-state index contributed by atoms with van der Waals surface area (Å²) in [6, 6.07) is 24.9. The lowest BCUT2D eigenvalue weighted by molar-refractivity contribution is 0.0896. The molecule has 2 aliphatic rings. The molecule has 5 rings (SSSR count). The van der Waals surface area contributed by atoms with Gasteiger partial charge in [0.1, 0.15) is 0 Å². The van der Waals surface area contributed by atoms with Crippen molar-refractivity contribution in [2.45, 2.75) is 51.6 Å². The molecule has 0 unspecified atom stereocenters. The quantitative estimate of drug-likeness (QED) is 0.407. The molecule has 3 aromatic carbocycles. The fraction of sp³-hybridized carbons (Fsp3) is 0.387. The SMILES string of the molecule is Cc1cccc(Nc2ccc(C(=O)Nc3ccc(CN4CCC(N5CCCCC5)CC4)cc3)cc2)c1. The van der Waals surface area contributed by atoms with Gasteiger partial charge in [0.05, 0.1) is 0 Å². The van der Waals surface area contributed by atoms with E-state index in [1.807, 2.05) is 48.5 Å². The van der Waals surface area contributed by atoms with Gasteiger partial charge in [-0.2, -0.15) is 0 Å². The number of nitrogens with one attached hydrogen (secondary N) is 2. The molecule has 0 aliphatic carbocycles. The van der Waals surface area contributed by atoms with Crippen LogP contribution in [0.5, 0.6) is 0 Å². The van der Waals surface area contributed by atoms with Crippen LogP contribution >= 0.6 is 0 Å². The van der Waals surface area contributed by atoms with Gasteiger partial charge in [-0.3, -0.25) is 9.69 Å². The Balaban J connectivity index is 1.09. The Morgan fingerprint density at radius 2 is 1.50 bits per heavy atom. The first-order chi connectivity index (χ1) is 17.6. The second-order valence-corrected chi connectivity index (χ2v) is 10.3. The molecule has 0 spiro atoms. The molecule has 2 saturated heterocycles. The lowest BCUT2D eigenvalue weighted by Crippen LogP contribution is -2.46. The van der Waals surface area contributed by atoms with Crippen LogP contribution < -0.4 is 10.6 Å². The van der Waals surface area contributed by atoms with E-state index in [2.05, 4.69) is 51.6 Å². The number of benzene rings is 3. The third-order valence-corrected chi connectivity index (χ3v) is 7.54. The van der Waals surface area contributed by atoms with Gasteiger partial charge in [0, 0.05) is 35.2 Å². The number of hydrogen-bond acceptors (Lipinski definition) is 4. The van der Waals surface area contributed by atoms with Crippen LogP contribution in [0.1, 0.15) is 53.6 Å².